The first-order chi connectivity index (χ1) is 10.2. The summed E-state index contributed by atoms with van der Waals surface area (Å²) in [7, 11) is 0. The summed E-state index contributed by atoms with van der Waals surface area (Å²) >= 11 is 3.45. The highest BCUT2D eigenvalue weighted by Gasteiger charge is 2.17. The fourth-order valence-corrected chi connectivity index (χ4v) is 2.41. The van der Waals surface area contributed by atoms with E-state index in [1.807, 2.05) is 42.5 Å². The standard InChI is InChI=1S/C16H17BrN2O2/c1-2-21-16(20)11-14(12-6-5-7-13(17)10-12)19-15-8-3-4-9-18-15/h3-10,14H,2,11H2,1H3,(H,18,19). The normalized spacial score (nSPS) is 11.7. The SMILES string of the molecule is CCOC(=O)CC(Nc1ccccn1)c1cccc(Br)c1. The number of nitrogens with one attached hydrogen (secondary N) is 1. The average Bonchev–Trinajstić information content (AvgIpc) is 2.48. The van der Waals surface area contributed by atoms with Crippen LogP contribution in [0.4, 0.5) is 5.82 Å². The number of hydrogen-bond acceptors (Lipinski definition) is 4. The number of ether oxygens (including phenoxy) is 1. The zero-order valence-corrected chi connectivity index (χ0v) is 13.3. The summed E-state index contributed by atoms with van der Waals surface area (Å²) in [4.78, 5) is 16.1. The van der Waals surface area contributed by atoms with E-state index in [-0.39, 0.29) is 18.4 Å². The minimum Gasteiger partial charge on any atom is -0.466 e. The molecule has 0 aliphatic rings. The van der Waals surface area contributed by atoms with Crippen molar-refractivity contribution >= 4 is 27.7 Å². The highest BCUT2D eigenvalue weighted by molar-refractivity contribution is 9.10. The Balaban J connectivity index is 2.19. The smallest absolute Gasteiger partial charge is 0.308 e. The number of esters is 1. The molecule has 1 unspecified atom stereocenters. The zero-order chi connectivity index (χ0) is 15.1. The van der Waals surface area contributed by atoms with Crippen LogP contribution in [-0.2, 0) is 9.53 Å². The molecule has 1 aromatic heterocycles. The molecule has 1 heterocycles. The fourth-order valence-electron chi connectivity index (χ4n) is 1.99. The number of halogens is 1. The van der Waals surface area contributed by atoms with Crippen LogP contribution in [-0.4, -0.2) is 17.6 Å². The van der Waals surface area contributed by atoms with Gasteiger partial charge in [-0.15, -0.1) is 0 Å². The van der Waals surface area contributed by atoms with Gasteiger partial charge in [0.1, 0.15) is 5.82 Å². The molecule has 1 atom stereocenters. The van der Waals surface area contributed by atoms with E-state index in [1.165, 1.54) is 0 Å². The lowest BCUT2D eigenvalue weighted by molar-refractivity contribution is -0.143. The molecule has 110 valence electrons. The second kappa shape index (κ2) is 7.78. The van der Waals surface area contributed by atoms with Crippen LogP contribution in [0.1, 0.15) is 24.9 Å². The molecule has 1 aromatic carbocycles. The number of benzene rings is 1. The quantitative estimate of drug-likeness (QED) is 0.803. The molecule has 0 aliphatic heterocycles. The van der Waals surface area contributed by atoms with Gasteiger partial charge >= 0.3 is 5.97 Å². The number of rotatable bonds is 6. The van der Waals surface area contributed by atoms with E-state index in [0.29, 0.717) is 6.61 Å². The molecule has 0 bridgehead atoms. The van der Waals surface area contributed by atoms with Gasteiger partial charge in [-0.2, -0.15) is 0 Å². The van der Waals surface area contributed by atoms with E-state index in [2.05, 4.69) is 26.2 Å². The number of anilines is 1. The van der Waals surface area contributed by atoms with Gasteiger partial charge in [0.05, 0.1) is 19.1 Å². The third kappa shape index (κ3) is 4.86. The van der Waals surface area contributed by atoms with Crippen molar-refractivity contribution in [3.63, 3.8) is 0 Å². The van der Waals surface area contributed by atoms with E-state index < -0.39 is 0 Å². The Morgan fingerprint density at radius 3 is 2.86 bits per heavy atom. The molecule has 0 radical (unpaired) electrons. The molecule has 2 rings (SSSR count). The molecule has 0 fully saturated rings. The largest absolute Gasteiger partial charge is 0.466 e. The summed E-state index contributed by atoms with van der Waals surface area (Å²) in [5.74, 6) is 0.498. The van der Waals surface area contributed by atoms with Crippen molar-refractivity contribution in [3.05, 3.63) is 58.7 Å². The van der Waals surface area contributed by atoms with Crippen LogP contribution in [0.2, 0.25) is 0 Å². The minimum absolute atomic E-state index is 0.184. The van der Waals surface area contributed by atoms with Crippen molar-refractivity contribution in [3.8, 4) is 0 Å². The van der Waals surface area contributed by atoms with E-state index in [0.717, 1.165) is 15.9 Å². The van der Waals surface area contributed by atoms with E-state index in [1.54, 1.807) is 13.1 Å². The van der Waals surface area contributed by atoms with Gasteiger partial charge in [-0.1, -0.05) is 34.1 Å². The van der Waals surface area contributed by atoms with Crippen LogP contribution in [0, 0.1) is 0 Å². The Labute approximate surface area is 132 Å². The number of carbonyl (C=O) groups is 1. The molecule has 0 amide bonds. The first kappa shape index (κ1) is 15.5. The van der Waals surface area contributed by atoms with Gasteiger partial charge < -0.3 is 10.1 Å². The van der Waals surface area contributed by atoms with E-state index in [4.69, 9.17) is 4.74 Å². The van der Waals surface area contributed by atoms with E-state index in [9.17, 15) is 4.79 Å². The van der Waals surface area contributed by atoms with Crippen molar-refractivity contribution in [2.24, 2.45) is 0 Å². The topological polar surface area (TPSA) is 51.2 Å². The maximum absolute atomic E-state index is 11.8. The molecule has 0 saturated heterocycles. The minimum atomic E-state index is -0.231. The second-order valence-corrected chi connectivity index (χ2v) is 5.39. The molecule has 1 N–H and O–H groups in total. The van der Waals surface area contributed by atoms with E-state index >= 15 is 0 Å². The molecule has 5 heteroatoms. The third-order valence-corrected chi connectivity index (χ3v) is 3.41. The van der Waals surface area contributed by atoms with Gasteiger partial charge in [0.15, 0.2) is 0 Å². The Bertz CT molecular complexity index is 590. The fraction of sp³-hybridized carbons (Fsp3) is 0.250. The molecule has 21 heavy (non-hydrogen) atoms. The molecular formula is C16H17BrN2O2. The first-order valence-corrected chi connectivity index (χ1v) is 7.57. The van der Waals surface area contributed by atoms with Crippen LogP contribution in [0.3, 0.4) is 0 Å². The van der Waals surface area contributed by atoms with Crippen LogP contribution in [0.5, 0.6) is 0 Å². The Morgan fingerprint density at radius 1 is 1.33 bits per heavy atom. The van der Waals surface area contributed by atoms with Crippen molar-refractivity contribution < 1.29 is 9.53 Å². The molecule has 4 nitrogen and oxygen atoms in total. The number of aromatic nitrogens is 1. The summed E-state index contributed by atoms with van der Waals surface area (Å²) < 4.78 is 6.02. The van der Waals surface area contributed by atoms with Gasteiger partial charge in [-0.05, 0) is 36.8 Å². The van der Waals surface area contributed by atoms with Gasteiger partial charge in [0, 0.05) is 10.7 Å². The number of carbonyl (C=O) groups excluding carboxylic acids is 1. The van der Waals surface area contributed by atoms with Gasteiger partial charge in [-0.3, -0.25) is 4.79 Å². The molecule has 0 saturated carbocycles. The third-order valence-electron chi connectivity index (χ3n) is 2.91. The Kier molecular flexibility index (Phi) is 5.75. The Morgan fingerprint density at radius 2 is 2.19 bits per heavy atom. The van der Waals surface area contributed by atoms with Crippen molar-refractivity contribution in [2.75, 3.05) is 11.9 Å². The lowest BCUT2D eigenvalue weighted by Gasteiger charge is -2.19. The van der Waals surface area contributed by atoms with Gasteiger partial charge in [0.2, 0.25) is 0 Å². The molecule has 2 aromatic rings. The van der Waals surface area contributed by atoms with Crippen LogP contribution < -0.4 is 5.32 Å². The van der Waals surface area contributed by atoms with Crippen LogP contribution in [0.15, 0.2) is 53.1 Å². The predicted molar refractivity (Wildman–Crippen MR) is 86.0 cm³/mol. The number of pyridine rings is 1. The highest BCUT2D eigenvalue weighted by Crippen LogP contribution is 2.24. The summed E-state index contributed by atoms with van der Waals surface area (Å²) in [6.07, 6.45) is 1.96. The lowest BCUT2D eigenvalue weighted by atomic mass is 10.0. The average molecular weight is 349 g/mol. The van der Waals surface area contributed by atoms with Crippen LogP contribution >= 0.6 is 15.9 Å². The molecule has 0 spiro atoms. The zero-order valence-electron chi connectivity index (χ0n) is 11.8. The van der Waals surface area contributed by atoms with Gasteiger partial charge in [-0.25, -0.2) is 4.98 Å². The lowest BCUT2D eigenvalue weighted by Crippen LogP contribution is -2.17. The monoisotopic (exact) mass is 348 g/mol. The summed E-state index contributed by atoms with van der Waals surface area (Å²) in [5, 5.41) is 3.28. The summed E-state index contributed by atoms with van der Waals surface area (Å²) in [5.41, 5.74) is 1.00. The summed E-state index contributed by atoms with van der Waals surface area (Å²) in [6, 6.07) is 13.3. The maximum Gasteiger partial charge on any atom is 0.308 e. The number of hydrogen-bond donors (Lipinski definition) is 1. The van der Waals surface area contributed by atoms with Crippen molar-refractivity contribution in [1.29, 1.82) is 0 Å². The molecule has 0 aliphatic carbocycles. The molecular weight excluding hydrogens is 332 g/mol. The highest BCUT2D eigenvalue weighted by atomic mass is 79.9. The first-order valence-electron chi connectivity index (χ1n) is 6.77. The van der Waals surface area contributed by atoms with Crippen molar-refractivity contribution in [1.82, 2.24) is 4.98 Å². The second-order valence-electron chi connectivity index (χ2n) is 4.48. The Hall–Kier alpha value is -1.88. The van der Waals surface area contributed by atoms with Crippen LogP contribution in [0.25, 0.3) is 0 Å². The van der Waals surface area contributed by atoms with Gasteiger partial charge in [0.25, 0.3) is 0 Å². The maximum atomic E-state index is 11.8. The van der Waals surface area contributed by atoms with Crippen molar-refractivity contribution in [2.45, 2.75) is 19.4 Å². The predicted octanol–water partition coefficient (Wildman–Crippen LogP) is 3.95. The number of nitrogens with zero attached hydrogens (tertiary/aromatic N) is 1. The summed E-state index contributed by atoms with van der Waals surface area (Å²) in [6.45, 7) is 2.19.